The number of rotatable bonds is 11. The van der Waals surface area contributed by atoms with Crippen LogP contribution >= 0.6 is 0 Å². The van der Waals surface area contributed by atoms with Gasteiger partial charge in [0, 0.05) is 0 Å². The molecule has 0 spiro atoms. The fraction of sp³-hybridized carbons (Fsp3) is 0.947. The number of carbonyl (C=O) groups is 1. The summed E-state index contributed by atoms with van der Waals surface area (Å²) in [6.07, 6.45) is 15.4. The van der Waals surface area contributed by atoms with Gasteiger partial charge in [-0.2, -0.15) is 0 Å². The number of halogens is 3. The maximum atomic E-state index is 12.7. The molecule has 4 N–H and O–H groups in total. The van der Waals surface area contributed by atoms with Crippen LogP contribution in [0.2, 0.25) is 0 Å². The van der Waals surface area contributed by atoms with Crippen molar-refractivity contribution in [2.75, 3.05) is 17.6 Å². The van der Waals surface area contributed by atoms with E-state index in [9.17, 15) is 4.79 Å². The quantitative estimate of drug-likeness (QED) is 0.0735. The van der Waals surface area contributed by atoms with E-state index in [0.717, 1.165) is 13.8 Å². The molecule has 8 heteroatoms. The average molecular weight is 720 g/mol. The minimum atomic E-state index is -0.171. The van der Waals surface area contributed by atoms with Crippen LogP contribution in [0.25, 0.3) is 0 Å². The van der Waals surface area contributed by atoms with Crippen molar-refractivity contribution in [3.05, 3.63) is 0 Å². The van der Waals surface area contributed by atoms with Gasteiger partial charge in [-0.3, -0.25) is 0 Å². The van der Waals surface area contributed by atoms with E-state index in [-0.39, 0.29) is 69.3 Å². The van der Waals surface area contributed by atoms with E-state index >= 15 is 0 Å². The van der Waals surface area contributed by atoms with E-state index in [1.54, 1.807) is 0 Å². The van der Waals surface area contributed by atoms with Crippen LogP contribution in [-0.2, 0) is 9.57 Å². The molecule has 0 aromatic rings. The summed E-state index contributed by atoms with van der Waals surface area (Å²) in [6, 6.07) is 0. The summed E-state index contributed by atoms with van der Waals surface area (Å²) >= 11 is 0.0825. The van der Waals surface area contributed by atoms with Gasteiger partial charge in [0.1, 0.15) is 0 Å². The normalized spacial score (nSPS) is 22.6. The van der Waals surface area contributed by atoms with Gasteiger partial charge in [0.2, 0.25) is 0 Å². The van der Waals surface area contributed by atoms with Crippen molar-refractivity contribution in [2.24, 2.45) is 5.92 Å². The summed E-state index contributed by atoms with van der Waals surface area (Å²) in [5.41, 5.74) is 0. The van der Waals surface area contributed by atoms with Gasteiger partial charge in [-0.05, 0) is 0 Å². The molecule has 3 fully saturated rings. The third-order valence-corrected chi connectivity index (χ3v) is 25.0. The van der Waals surface area contributed by atoms with Crippen molar-refractivity contribution in [2.45, 2.75) is 78.0 Å². The SMILES string of the molecule is [NH3+]OCCOC(=O)NC([I-]CC1CCC1)([I-]C1CCCC1)[I-]C1CCCC1. The molecule has 0 unspecified atom stereocenters. The van der Waals surface area contributed by atoms with Crippen molar-refractivity contribution in [3.8, 4) is 0 Å². The second-order valence-corrected chi connectivity index (χ2v) is 25.2. The van der Waals surface area contributed by atoms with Crippen molar-refractivity contribution < 1.29 is 83.9 Å². The van der Waals surface area contributed by atoms with E-state index < -0.39 is 0 Å². The summed E-state index contributed by atoms with van der Waals surface area (Å²) < 4.78 is 9.02. The Labute approximate surface area is 195 Å². The Bertz CT molecular complexity index is 435. The third-order valence-electron chi connectivity index (χ3n) is 5.54. The van der Waals surface area contributed by atoms with Gasteiger partial charge >= 0.3 is 197 Å². The van der Waals surface area contributed by atoms with Gasteiger partial charge in [0.05, 0.1) is 0 Å². The number of carbonyl (C=O) groups excluding carboxylic acids is 1. The first kappa shape index (κ1) is 23.1. The van der Waals surface area contributed by atoms with Crippen LogP contribution in [0, 0.1) is 5.92 Å². The molecule has 0 atom stereocenters. The fourth-order valence-electron chi connectivity index (χ4n) is 3.73. The summed E-state index contributed by atoms with van der Waals surface area (Å²) in [6.45, 7) is 0.697. The van der Waals surface area contributed by atoms with E-state index in [0.29, 0.717) is 13.2 Å². The molecule has 3 aliphatic rings. The first-order chi connectivity index (χ1) is 13.2. The minimum absolute atomic E-state index is 0.0264. The van der Waals surface area contributed by atoms with Crippen LogP contribution in [-0.4, -0.2) is 31.1 Å². The monoisotopic (exact) mass is 720 g/mol. The molecule has 1 amide bonds. The van der Waals surface area contributed by atoms with Gasteiger partial charge in [0.25, 0.3) is 0 Å². The van der Waals surface area contributed by atoms with Crippen LogP contribution in [0.15, 0.2) is 0 Å². The summed E-state index contributed by atoms with van der Waals surface area (Å²) in [7, 11) is 0. The second-order valence-electron chi connectivity index (χ2n) is 7.73. The number of quaternary nitrogens is 1. The molecule has 0 aromatic heterocycles. The molecule has 0 radical (unpaired) electrons. The first-order valence-corrected chi connectivity index (χ1v) is 17.7. The standard InChI is InChI=1S/C19H35I3N2O3/c23-27-13-12-26-18(25)24-19(20-14-15-6-5-7-15,21-16-8-1-2-9-16)22-17-10-3-4-11-17/h15-17H,1-14H2,23H3,(H,24,25)/q-2. The molecule has 0 aliphatic heterocycles. The summed E-state index contributed by atoms with van der Waals surface area (Å²) in [4.78, 5) is 17.5. The zero-order valence-electron chi connectivity index (χ0n) is 16.2. The number of hydrogen-bond donors (Lipinski definition) is 2. The molecular weight excluding hydrogens is 685 g/mol. The van der Waals surface area contributed by atoms with E-state index in [1.165, 1.54) is 75.1 Å². The van der Waals surface area contributed by atoms with Crippen LogP contribution in [0.4, 0.5) is 4.79 Å². The first-order valence-electron chi connectivity index (χ1n) is 10.4. The Kier molecular flexibility index (Phi) is 10.5. The van der Waals surface area contributed by atoms with Crippen molar-refractivity contribution in [1.29, 1.82) is 0 Å². The van der Waals surface area contributed by atoms with E-state index in [1.807, 2.05) is 0 Å². The predicted octanol–water partition coefficient (Wildman–Crippen LogP) is -6.55. The molecule has 0 bridgehead atoms. The Morgan fingerprint density at radius 1 is 0.926 bits per heavy atom. The van der Waals surface area contributed by atoms with Crippen LogP contribution in [0.1, 0.15) is 70.6 Å². The van der Waals surface area contributed by atoms with Gasteiger partial charge in [0.15, 0.2) is 0 Å². The molecule has 27 heavy (non-hydrogen) atoms. The number of hydrogen-bond acceptors (Lipinski definition) is 3. The Morgan fingerprint density at radius 2 is 1.52 bits per heavy atom. The van der Waals surface area contributed by atoms with E-state index in [4.69, 9.17) is 9.57 Å². The van der Waals surface area contributed by atoms with Crippen LogP contribution < -0.4 is 74.8 Å². The molecule has 0 saturated heterocycles. The molecule has 0 heterocycles. The molecule has 3 aliphatic carbocycles. The fourth-order valence-corrected chi connectivity index (χ4v) is 26.9. The zero-order chi connectivity index (χ0) is 19.0. The van der Waals surface area contributed by atoms with E-state index in [2.05, 4.69) is 11.2 Å². The van der Waals surface area contributed by atoms with Gasteiger partial charge < -0.3 is 0 Å². The molecule has 0 aromatic carbocycles. The molecule has 162 valence electrons. The van der Waals surface area contributed by atoms with Crippen molar-refractivity contribution in [1.82, 2.24) is 5.32 Å². The molecule has 3 rings (SSSR count). The summed E-state index contributed by atoms with van der Waals surface area (Å²) in [5, 5.41) is 3.56. The van der Waals surface area contributed by atoms with Gasteiger partial charge in [-0.1, -0.05) is 0 Å². The van der Waals surface area contributed by atoms with Gasteiger partial charge in [-0.25, -0.2) is 0 Å². The van der Waals surface area contributed by atoms with Crippen LogP contribution in [0.3, 0.4) is 0 Å². The number of alkyl halides is 6. The third kappa shape index (κ3) is 7.86. The molecule has 5 nitrogen and oxygen atoms in total. The maximum absolute atomic E-state index is 12.7. The molecule has 3 saturated carbocycles. The Balaban J connectivity index is 1.66. The second kappa shape index (κ2) is 12.3. The average Bonchev–Trinajstić information content (AvgIpc) is 3.27. The zero-order valence-corrected chi connectivity index (χ0v) is 22.7. The van der Waals surface area contributed by atoms with Crippen LogP contribution in [0.5, 0.6) is 0 Å². The number of nitrogens with one attached hydrogen (secondary N) is 1. The molecular formula is C19H35I3N2O3-2. The number of amides is 1. The topological polar surface area (TPSA) is 75.2 Å². The van der Waals surface area contributed by atoms with Crippen molar-refractivity contribution in [3.63, 3.8) is 0 Å². The van der Waals surface area contributed by atoms with Gasteiger partial charge in [-0.15, -0.1) is 0 Å². The summed E-state index contributed by atoms with van der Waals surface area (Å²) in [5.74, 6) is 4.33. The number of alkyl carbamates (subject to hydrolysis) is 1. The van der Waals surface area contributed by atoms with Crippen molar-refractivity contribution >= 4 is 6.09 Å². The Hall–Kier alpha value is 1.38. The Morgan fingerprint density at radius 3 is 2.00 bits per heavy atom. The number of ether oxygens (including phenoxy) is 1. The predicted molar refractivity (Wildman–Crippen MR) is 92.8 cm³/mol.